The molecule has 0 unspecified atom stereocenters. The van der Waals surface area contributed by atoms with E-state index in [4.69, 9.17) is 4.74 Å². The van der Waals surface area contributed by atoms with Crippen LogP contribution in [0.4, 0.5) is 18.9 Å². The van der Waals surface area contributed by atoms with Crippen molar-refractivity contribution in [3.8, 4) is 11.5 Å². The van der Waals surface area contributed by atoms with Gasteiger partial charge >= 0.3 is 12.1 Å². The van der Waals surface area contributed by atoms with Crippen LogP contribution in [0.2, 0.25) is 0 Å². The van der Waals surface area contributed by atoms with Gasteiger partial charge in [0.2, 0.25) is 0 Å². The van der Waals surface area contributed by atoms with Crippen LogP contribution in [-0.4, -0.2) is 13.1 Å². The maximum absolute atomic E-state index is 12.9. The van der Waals surface area contributed by atoms with Crippen molar-refractivity contribution >= 4 is 11.7 Å². The van der Waals surface area contributed by atoms with Crippen molar-refractivity contribution in [2.45, 2.75) is 6.18 Å². The maximum Gasteiger partial charge on any atom is 0.419 e. The highest BCUT2D eigenvalue weighted by atomic mass is 19.4. The molecule has 0 spiro atoms. The summed E-state index contributed by atoms with van der Waals surface area (Å²) < 4.78 is 48.6. The first-order valence-electron chi connectivity index (χ1n) is 6.21. The quantitative estimate of drug-likeness (QED) is 0.886. The highest BCUT2D eigenvalue weighted by Gasteiger charge is 2.34. The Bertz CT molecular complexity index is 699. The number of carbonyl (C=O) groups is 1. The number of methoxy groups -OCH3 is 1. The molecule has 0 aromatic heterocycles. The fourth-order valence-corrected chi connectivity index (χ4v) is 1.84. The SMILES string of the molecule is COC(=O)c1cc(Oc2ccccc2C(F)(F)F)ccc1[NH3+]. The molecule has 0 saturated heterocycles. The maximum atomic E-state index is 12.9. The minimum Gasteiger partial charge on any atom is -0.465 e. The molecular weight excluding hydrogens is 299 g/mol. The van der Waals surface area contributed by atoms with Gasteiger partial charge < -0.3 is 15.2 Å². The first-order chi connectivity index (χ1) is 10.3. The lowest BCUT2D eigenvalue weighted by Gasteiger charge is -2.13. The summed E-state index contributed by atoms with van der Waals surface area (Å²) in [6.45, 7) is 0. The highest BCUT2D eigenvalue weighted by Crippen LogP contribution is 2.38. The molecule has 3 N–H and O–H groups in total. The van der Waals surface area contributed by atoms with Gasteiger partial charge in [0.15, 0.2) is 0 Å². The standard InChI is InChI=1S/C15H12F3NO3/c1-21-14(20)10-8-9(6-7-12(10)19)22-13-5-3-2-4-11(13)15(16,17)18/h2-8H,19H2,1H3/p+1. The number of hydrogen-bond donors (Lipinski definition) is 1. The van der Waals surface area contributed by atoms with E-state index in [2.05, 4.69) is 10.5 Å². The van der Waals surface area contributed by atoms with E-state index in [1.54, 1.807) is 0 Å². The Morgan fingerprint density at radius 1 is 1.14 bits per heavy atom. The molecule has 0 aliphatic carbocycles. The number of carbonyl (C=O) groups excluding carboxylic acids is 1. The van der Waals surface area contributed by atoms with Crippen molar-refractivity contribution < 1.29 is 33.2 Å². The van der Waals surface area contributed by atoms with Gasteiger partial charge in [0.05, 0.1) is 12.7 Å². The van der Waals surface area contributed by atoms with Crippen LogP contribution in [-0.2, 0) is 10.9 Å². The van der Waals surface area contributed by atoms with E-state index in [1.165, 1.54) is 43.5 Å². The zero-order valence-electron chi connectivity index (χ0n) is 11.6. The number of alkyl halides is 3. The van der Waals surface area contributed by atoms with Gasteiger partial charge in [-0.1, -0.05) is 12.1 Å². The van der Waals surface area contributed by atoms with Gasteiger partial charge in [-0.05, 0) is 18.2 Å². The molecule has 0 radical (unpaired) electrons. The van der Waals surface area contributed by atoms with E-state index >= 15 is 0 Å². The zero-order chi connectivity index (χ0) is 16.3. The fraction of sp³-hybridized carbons (Fsp3) is 0.133. The molecule has 0 aliphatic rings. The highest BCUT2D eigenvalue weighted by molar-refractivity contribution is 5.94. The number of rotatable bonds is 3. The van der Waals surface area contributed by atoms with Gasteiger partial charge in [-0.15, -0.1) is 0 Å². The lowest BCUT2D eigenvalue weighted by atomic mass is 10.1. The van der Waals surface area contributed by atoms with E-state index in [-0.39, 0.29) is 17.1 Å². The number of para-hydroxylation sites is 1. The van der Waals surface area contributed by atoms with Gasteiger partial charge in [0.25, 0.3) is 0 Å². The number of quaternary nitrogens is 1. The first kappa shape index (κ1) is 15.8. The van der Waals surface area contributed by atoms with Crippen molar-refractivity contribution in [3.05, 3.63) is 53.6 Å². The van der Waals surface area contributed by atoms with Gasteiger partial charge in [0.1, 0.15) is 22.7 Å². The molecule has 0 saturated carbocycles. The van der Waals surface area contributed by atoms with Crippen molar-refractivity contribution in [1.29, 1.82) is 0 Å². The van der Waals surface area contributed by atoms with Crippen LogP contribution in [0, 0.1) is 0 Å². The number of benzene rings is 2. The Morgan fingerprint density at radius 3 is 2.45 bits per heavy atom. The number of ether oxygens (including phenoxy) is 2. The summed E-state index contributed by atoms with van der Waals surface area (Å²) in [5.41, 5.74) is 3.28. The summed E-state index contributed by atoms with van der Waals surface area (Å²) in [5, 5.41) is 0. The number of hydrogen-bond acceptors (Lipinski definition) is 3. The second-order valence-electron chi connectivity index (χ2n) is 4.41. The van der Waals surface area contributed by atoms with Crippen LogP contribution >= 0.6 is 0 Å². The minimum atomic E-state index is -4.53. The summed E-state index contributed by atoms with van der Waals surface area (Å²) in [6, 6.07) is 9.03. The molecule has 4 nitrogen and oxygen atoms in total. The monoisotopic (exact) mass is 312 g/mol. The average Bonchev–Trinajstić information content (AvgIpc) is 2.48. The second-order valence-corrected chi connectivity index (χ2v) is 4.41. The van der Waals surface area contributed by atoms with E-state index < -0.39 is 17.7 Å². The minimum absolute atomic E-state index is 0.0875. The molecule has 116 valence electrons. The Kier molecular flexibility index (Phi) is 4.37. The van der Waals surface area contributed by atoms with E-state index in [0.29, 0.717) is 5.69 Å². The smallest absolute Gasteiger partial charge is 0.419 e. The first-order valence-corrected chi connectivity index (χ1v) is 6.21. The number of halogens is 3. The fourth-order valence-electron chi connectivity index (χ4n) is 1.84. The molecule has 22 heavy (non-hydrogen) atoms. The van der Waals surface area contributed by atoms with Gasteiger partial charge in [-0.25, -0.2) is 4.79 Å². The lowest BCUT2D eigenvalue weighted by molar-refractivity contribution is -0.255. The third-order valence-electron chi connectivity index (χ3n) is 2.91. The van der Waals surface area contributed by atoms with Gasteiger partial charge in [0, 0.05) is 12.1 Å². The molecule has 2 aromatic carbocycles. The lowest BCUT2D eigenvalue weighted by Crippen LogP contribution is -2.42. The van der Waals surface area contributed by atoms with Crippen molar-refractivity contribution in [1.82, 2.24) is 0 Å². The third kappa shape index (κ3) is 3.37. The molecule has 0 fully saturated rings. The summed E-state index contributed by atoms with van der Waals surface area (Å²) >= 11 is 0. The third-order valence-corrected chi connectivity index (χ3v) is 2.91. The van der Waals surface area contributed by atoms with Gasteiger partial charge in [-0.2, -0.15) is 13.2 Å². The van der Waals surface area contributed by atoms with Crippen LogP contribution in [0.1, 0.15) is 15.9 Å². The molecule has 0 aliphatic heterocycles. The van der Waals surface area contributed by atoms with Crippen LogP contribution < -0.4 is 10.5 Å². The van der Waals surface area contributed by atoms with Crippen LogP contribution in [0.5, 0.6) is 11.5 Å². The largest absolute Gasteiger partial charge is 0.465 e. The second kappa shape index (κ2) is 6.07. The Hall–Kier alpha value is -2.54. The summed E-state index contributed by atoms with van der Waals surface area (Å²) in [7, 11) is 1.20. The molecule has 0 heterocycles. The van der Waals surface area contributed by atoms with E-state index in [9.17, 15) is 18.0 Å². The van der Waals surface area contributed by atoms with Gasteiger partial charge in [-0.3, -0.25) is 0 Å². The molecule has 0 atom stereocenters. The predicted molar refractivity (Wildman–Crippen MR) is 71.8 cm³/mol. The normalized spacial score (nSPS) is 11.1. The van der Waals surface area contributed by atoms with Crippen molar-refractivity contribution in [2.24, 2.45) is 0 Å². The van der Waals surface area contributed by atoms with Crippen molar-refractivity contribution in [2.75, 3.05) is 7.11 Å². The molecule has 0 bridgehead atoms. The molecular formula is C15H13F3NO3+. The molecule has 2 rings (SSSR count). The predicted octanol–water partition coefficient (Wildman–Crippen LogP) is 3.16. The van der Waals surface area contributed by atoms with E-state index in [0.717, 1.165) is 6.07 Å². The van der Waals surface area contributed by atoms with Crippen LogP contribution in [0.3, 0.4) is 0 Å². The molecule has 0 amide bonds. The Labute approximate surface area is 124 Å². The summed E-state index contributed by atoms with van der Waals surface area (Å²) in [6.07, 6.45) is -4.53. The number of esters is 1. The average molecular weight is 312 g/mol. The summed E-state index contributed by atoms with van der Waals surface area (Å²) in [5.74, 6) is -0.897. The zero-order valence-corrected chi connectivity index (χ0v) is 11.6. The van der Waals surface area contributed by atoms with Crippen molar-refractivity contribution in [3.63, 3.8) is 0 Å². The van der Waals surface area contributed by atoms with Crippen LogP contribution in [0.25, 0.3) is 0 Å². The molecule has 2 aromatic rings. The molecule has 7 heteroatoms. The van der Waals surface area contributed by atoms with E-state index in [1.807, 2.05) is 0 Å². The summed E-state index contributed by atoms with van der Waals surface area (Å²) in [4.78, 5) is 11.6. The topological polar surface area (TPSA) is 63.2 Å². The Morgan fingerprint density at radius 2 is 1.82 bits per heavy atom. The Balaban J connectivity index is 2.39. The van der Waals surface area contributed by atoms with Crippen LogP contribution in [0.15, 0.2) is 42.5 Å².